The molecule has 0 bridgehead atoms. The zero-order valence-electron chi connectivity index (χ0n) is 13.0. The molecule has 0 aromatic heterocycles. The number of rotatable bonds is 11. The molecule has 0 amide bonds. The molecular weight excluding hydrogens is 252 g/mol. The van der Waals surface area contributed by atoms with Gasteiger partial charge in [0, 0.05) is 0 Å². The predicted octanol–water partition coefficient (Wildman–Crippen LogP) is 2.23. The monoisotopic (exact) mass is 280 g/mol. The van der Waals surface area contributed by atoms with E-state index < -0.39 is 0 Å². The van der Waals surface area contributed by atoms with Gasteiger partial charge in [0.05, 0.1) is 14.2 Å². The van der Waals surface area contributed by atoms with Crippen LogP contribution in [0.3, 0.4) is 0 Å². The Balaban J connectivity index is 2.18. The summed E-state index contributed by atoms with van der Waals surface area (Å²) in [4.78, 5) is 0. The molecular formula is C16H28N2O2. The Morgan fingerprint density at radius 1 is 0.900 bits per heavy atom. The van der Waals surface area contributed by atoms with Gasteiger partial charge in [-0.25, -0.2) is 0 Å². The van der Waals surface area contributed by atoms with Crippen molar-refractivity contribution in [3.63, 3.8) is 0 Å². The van der Waals surface area contributed by atoms with Crippen LogP contribution < -0.4 is 20.1 Å². The van der Waals surface area contributed by atoms with Gasteiger partial charge in [-0.1, -0.05) is 13.0 Å². The first kappa shape index (κ1) is 16.8. The normalized spacial score (nSPS) is 10.6. The number of methoxy groups -OCH3 is 2. The molecule has 1 rings (SSSR count). The summed E-state index contributed by atoms with van der Waals surface area (Å²) in [6.07, 6.45) is 3.38. The largest absolute Gasteiger partial charge is 0.493 e. The van der Waals surface area contributed by atoms with Gasteiger partial charge in [0.15, 0.2) is 11.5 Å². The van der Waals surface area contributed by atoms with Crippen LogP contribution in [0.1, 0.15) is 25.3 Å². The van der Waals surface area contributed by atoms with E-state index in [4.69, 9.17) is 9.47 Å². The highest BCUT2D eigenvalue weighted by molar-refractivity contribution is 5.42. The van der Waals surface area contributed by atoms with Crippen molar-refractivity contribution in [2.24, 2.45) is 0 Å². The molecule has 0 fully saturated rings. The molecule has 0 radical (unpaired) electrons. The Kier molecular flexibility index (Phi) is 8.83. The lowest BCUT2D eigenvalue weighted by Crippen LogP contribution is -2.23. The molecule has 0 unspecified atom stereocenters. The zero-order valence-corrected chi connectivity index (χ0v) is 13.0. The smallest absolute Gasteiger partial charge is 0.160 e. The maximum Gasteiger partial charge on any atom is 0.160 e. The van der Waals surface area contributed by atoms with Crippen molar-refractivity contribution < 1.29 is 9.47 Å². The Labute approximate surface area is 122 Å². The summed E-state index contributed by atoms with van der Waals surface area (Å²) < 4.78 is 10.5. The van der Waals surface area contributed by atoms with Gasteiger partial charge in [-0.2, -0.15) is 0 Å². The fourth-order valence-corrected chi connectivity index (χ4v) is 2.03. The minimum absolute atomic E-state index is 0.784. The number of hydrogen-bond donors (Lipinski definition) is 2. The van der Waals surface area contributed by atoms with Crippen LogP contribution in [-0.4, -0.2) is 40.4 Å². The van der Waals surface area contributed by atoms with Crippen LogP contribution in [0.5, 0.6) is 11.5 Å². The Hall–Kier alpha value is -1.26. The van der Waals surface area contributed by atoms with E-state index in [0.717, 1.165) is 44.1 Å². The van der Waals surface area contributed by atoms with Gasteiger partial charge < -0.3 is 20.1 Å². The second kappa shape index (κ2) is 10.5. The fourth-order valence-electron chi connectivity index (χ4n) is 2.03. The van der Waals surface area contributed by atoms with Crippen LogP contribution >= 0.6 is 0 Å². The van der Waals surface area contributed by atoms with Gasteiger partial charge in [0.1, 0.15) is 0 Å². The van der Waals surface area contributed by atoms with Gasteiger partial charge in [0.25, 0.3) is 0 Å². The van der Waals surface area contributed by atoms with E-state index in [-0.39, 0.29) is 0 Å². The third-order valence-corrected chi connectivity index (χ3v) is 3.17. The lowest BCUT2D eigenvalue weighted by Gasteiger charge is -2.10. The molecule has 0 spiro atoms. The maximum atomic E-state index is 5.31. The molecule has 20 heavy (non-hydrogen) atoms. The highest BCUT2D eigenvalue weighted by Gasteiger charge is 2.03. The topological polar surface area (TPSA) is 42.5 Å². The predicted molar refractivity (Wildman–Crippen MR) is 83.9 cm³/mol. The molecule has 2 N–H and O–H groups in total. The molecule has 1 aromatic carbocycles. The first-order chi connectivity index (χ1) is 9.81. The quantitative estimate of drug-likeness (QED) is 0.610. The van der Waals surface area contributed by atoms with E-state index in [1.54, 1.807) is 14.2 Å². The van der Waals surface area contributed by atoms with Crippen LogP contribution in [0.4, 0.5) is 0 Å². The highest BCUT2D eigenvalue weighted by Crippen LogP contribution is 2.27. The number of nitrogens with one attached hydrogen (secondary N) is 2. The van der Waals surface area contributed by atoms with Gasteiger partial charge in [0.2, 0.25) is 0 Å². The second-order valence-corrected chi connectivity index (χ2v) is 4.79. The van der Waals surface area contributed by atoms with Crippen molar-refractivity contribution in [1.82, 2.24) is 10.6 Å². The summed E-state index contributed by atoms with van der Waals surface area (Å²) >= 11 is 0. The number of hydrogen-bond acceptors (Lipinski definition) is 4. The van der Waals surface area contributed by atoms with E-state index in [1.165, 1.54) is 18.4 Å². The standard InChI is InChI=1S/C16H28N2O2/c1-4-9-17-10-5-11-18-12-8-14-6-7-15(19-2)16(13-14)20-3/h6-7,13,17-18H,4-5,8-12H2,1-3H3. The molecule has 0 atom stereocenters. The molecule has 0 aliphatic carbocycles. The third kappa shape index (κ3) is 6.26. The van der Waals surface area contributed by atoms with Crippen LogP contribution in [0.25, 0.3) is 0 Å². The SMILES string of the molecule is CCCNCCCNCCc1ccc(OC)c(OC)c1. The van der Waals surface area contributed by atoms with Crippen molar-refractivity contribution in [2.75, 3.05) is 40.4 Å². The first-order valence-electron chi connectivity index (χ1n) is 7.44. The summed E-state index contributed by atoms with van der Waals surface area (Å²) in [5.74, 6) is 1.58. The highest BCUT2D eigenvalue weighted by atomic mass is 16.5. The molecule has 0 heterocycles. The average molecular weight is 280 g/mol. The molecule has 114 valence electrons. The Morgan fingerprint density at radius 2 is 1.60 bits per heavy atom. The molecule has 4 heteroatoms. The minimum atomic E-state index is 0.784. The summed E-state index contributed by atoms with van der Waals surface area (Å²) in [5.41, 5.74) is 1.26. The van der Waals surface area contributed by atoms with E-state index in [0.29, 0.717) is 0 Å². The molecule has 4 nitrogen and oxygen atoms in total. The van der Waals surface area contributed by atoms with E-state index in [2.05, 4.69) is 23.6 Å². The van der Waals surface area contributed by atoms with E-state index >= 15 is 0 Å². The van der Waals surface area contributed by atoms with Crippen LogP contribution in [-0.2, 0) is 6.42 Å². The number of ether oxygens (including phenoxy) is 2. The van der Waals surface area contributed by atoms with Crippen LogP contribution in [0.2, 0.25) is 0 Å². The van der Waals surface area contributed by atoms with Crippen molar-refractivity contribution >= 4 is 0 Å². The van der Waals surface area contributed by atoms with E-state index in [1.807, 2.05) is 12.1 Å². The van der Waals surface area contributed by atoms with Gasteiger partial charge >= 0.3 is 0 Å². The van der Waals surface area contributed by atoms with Gasteiger partial charge in [-0.3, -0.25) is 0 Å². The third-order valence-electron chi connectivity index (χ3n) is 3.17. The average Bonchev–Trinajstić information content (AvgIpc) is 2.49. The van der Waals surface area contributed by atoms with Crippen molar-refractivity contribution in [2.45, 2.75) is 26.2 Å². The second-order valence-electron chi connectivity index (χ2n) is 4.79. The van der Waals surface area contributed by atoms with Gasteiger partial charge in [-0.05, 0) is 63.1 Å². The summed E-state index contributed by atoms with van der Waals surface area (Å²) in [7, 11) is 3.33. The Morgan fingerprint density at radius 3 is 2.25 bits per heavy atom. The minimum Gasteiger partial charge on any atom is -0.493 e. The summed E-state index contributed by atoms with van der Waals surface area (Å²) in [6.45, 7) is 6.45. The summed E-state index contributed by atoms with van der Waals surface area (Å²) in [5, 5.41) is 6.87. The molecule has 1 aromatic rings. The molecule has 0 saturated heterocycles. The lowest BCUT2D eigenvalue weighted by molar-refractivity contribution is 0.354. The summed E-state index contributed by atoms with van der Waals surface area (Å²) in [6, 6.07) is 6.10. The lowest BCUT2D eigenvalue weighted by atomic mass is 10.1. The van der Waals surface area contributed by atoms with Crippen LogP contribution in [0.15, 0.2) is 18.2 Å². The van der Waals surface area contributed by atoms with Crippen molar-refractivity contribution in [1.29, 1.82) is 0 Å². The number of benzene rings is 1. The first-order valence-corrected chi connectivity index (χ1v) is 7.44. The fraction of sp³-hybridized carbons (Fsp3) is 0.625. The molecule has 0 aliphatic rings. The Bertz CT molecular complexity index is 369. The van der Waals surface area contributed by atoms with Crippen molar-refractivity contribution in [3.8, 4) is 11.5 Å². The van der Waals surface area contributed by atoms with Crippen molar-refractivity contribution in [3.05, 3.63) is 23.8 Å². The zero-order chi connectivity index (χ0) is 14.6. The van der Waals surface area contributed by atoms with Gasteiger partial charge in [-0.15, -0.1) is 0 Å². The molecule has 0 saturated carbocycles. The molecule has 0 aliphatic heterocycles. The van der Waals surface area contributed by atoms with Crippen LogP contribution in [0, 0.1) is 0 Å². The van der Waals surface area contributed by atoms with E-state index in [9.17, 15) is 0 Å². The maximum absolute atomic E-state index is 5.31.